The van der Waals surface area contributed by atoms with Crippen LogP contribution in [0.3, 0.4) is 0 Å². The molecule has 2 aromatic rings. The van der Waals surface area contributed by atoms with E-state index >= 15 is 0 Å². The Balaban J connectivity index is 2.50. The molecule has 2 rings (SSSR count). The van der Waals surface area contributed by atoms with Crippen LogP contribution in [-0.4, -0.2) is 17.1 Å². The summed E-state index contributed by atoms with van der Waals surface area (Å²) in [5.74, 6) is 0. The number of nitrogens with zero attached hydrogens (tertiary/aromatic N) is 2. The van der Waals surface area contributed by atoms with Crippen LogP contribution in [-0.2, 0) is 4.74 Å². The lowest BCUT2D eigenvalue weighted by Crippen LogP contribution is -1.85. The van der Waals surface area contributed by atoms with Crippen LogP contribution in [0.2, 0.25) is 5.15 Å². The minimum atomic E-state index is 0.412. The van der Waals surface area contributed by atoms with Gasteiger partial charge in [0.2, 0.25) is 0 Å². The number of nitriles is 1. The number of aromatic nitrogens is 2. The summed E-state index contributed by atoms with van der Waals surface area (Å²) in [6.45, 7) is 3.76. The van der Waals surface area contributed by atoms with Crippen molar-refractivity contribution in [1.29, 1.82) is 5.26 Å². The van der Waals surface area contributed by atoms with Crippen molar-refractivity contribution in [1.82, 2.24) is 9.97 Å². The number of rotatable bonds is 5. The highest BCUT2D eigenvalue weighted by atomic mass is 35.5. The molecule has 2 heterocycles. The standard InChI is InChI=1S/C17H14ClN3O/c1-3-16-14(6-7-22-2)15(11-20-16)13(9-19)8-12-4-5-17(18)21-10-12/h3-8,10-11,20H,1H2,2H3/b7-6+,13-8+. The van der Waals surface area contributed by atoms with Gasteiger partial charge in [-0.3, -0.25) is 0 Å². The van der Waals surface area contributed by atoms with Gasteiger partial charge in [0.15, 0.2) is 0 Å². The smallest absolute Gasteiger partial charge is 0.129 e. The molecule has 0 bridgehead atoms. The van der Waals surface area contributed by atoms with E-state index in [1.54, 1.807) is 56.1 Å². The van der Waals surface area contributed by atoms with E-state index in [2.05, 4.69) is 22.6 Å². The first-order valence-electron chi connectivity index (χ1n) is 6.46. The maximum atomic E-state index is 9.47. The van der Waals surface area contributed by atoms with Crippen LogP contribution < -0.4 is 0 Å². The molecule has 5 heteroatoms. The van der Waals surface area contributed by atoms with E-state index in [9.17, 15) is 5.26 Å². The van der Waals surface area contributed by atoms with Gasteiger partial charge in [0, 0.05) is 29.2 Å². The summed E-state index contributed by atoms with van der Waals surface area (Å²) < 4.78 is 4.96. The lowest BCUT2D eigenvalue weighted by Gasteiger charge is -2.01. The number of hydrogen-bond acceptors (Lipinski definition) is 3. The van der Waals surface area contributed by atoms with Crippen LogP contribution in [0.15, 0.2) is 37.4 Å². The molecule has 1 N–H and O–H groups in total. The van der Waals surface area contributed by atoms with Crippen molar-refractivity contribution < 1.29 is 4.74 Å². The first-order valence-corrected chi connectivity index (χ1v) is 6.84. The number of hydrogen-bond donors (Lipinski definition) is 1. The molecule has 0 fully saturated rings. The summed E-state index contributed by atoms with van der Waals surface area (Å²) in [5.41, 5.74) is 3.72. The van der Waals surface area contributed by atoms with E-state index in [1.165, 1.54) is 0 Å². The van der Waals surface area contributed by atoms with Gasteiger partial charge < -0.3 is 9.72 Å². The molecule has 0 aliphatic carbocycles. The Bertz CT molecular complexity index is 764. The number of pyridine rings is 1. The maximum absolute atomic E-state index is 9.47. The number of H-pyrrole nitrogens is 1. The van der Waals surface area contributed by atoms with Crippen molar-refractivity contribution in [2.24, 2.45) is 0 Å². The Hall–Kier alpha value is -2.77. The Morgan fingerprint density at radius 3 is 2.91 bits per heavy atom. The minimum absolute atomic E-state index is 0.412. The molecule has 0 aromatic carbocycles. The zero-order chi connectivity index (χ0) is 15.9. The quantitative estimate of drug-likeness (QED) is 0.506. The number of ether oxygens (including phenoxy) is 1. The average molecular weight is 312 g/mol. The second-order valence-corrected chi connectivity index (χ2v) is 4.74. The van der Waals surface area contributed by atoms with Gasteiger partial charge in [0.25, 0.3) is 0 Å². The first kappa shape index (κ1) is 15.6. The SMILES string of the molecule is C=Cc1[nH]cc(/C(C#N)=C/c2ccc(Cl)nc2)c1/C=C/OC. The molecule has 0 saturated heterocycles. The summed E-state index contributed by atoms with van der Waals surface area (Å²) in [4.78, 5) is 7.10. The van der Waals surface area contributed by atoms with Crippen LogP contribution in [0.1, 0.15) is 22.4 Å². The van der Waals surface area contributed by atoms with Crippen LogP contribution >= 0.6 is 11.6 Å². The van der Waals surface area contributed by atoms with Crippen LogP contribution in [0.4, 0.5) is 0 Å². The van der Waals surface area contributed by atoms with Gasteiger partial charge in [-0.15, -0.1) is 0 Å². The molecule has 0 amide bonds. The molecule has 0 radical (unpaired) electrons. The fraction of sp³-hybridized carbons (Fsp3) is 0.0588. The van der Waals surface area contributed by atoms with Gasteiger partial charge >= 0.3 is 0 Å². The van der Waals surface area contributed by atoms with Crippen LogP contribution in [0.25, 0.3) is 23.8 Å². The normalized spacial score (nSPS) is 11.4. The van der Waals surface area contributed by atoms with Gasteiger partial charge in [-0.1, -0.05) is 24.2 Å². The average Bonchev–Trinajstić information content (AvgIpc) is 2.95. The van der Waals surface area contributed by atoms with E-state index in [1.807, 2.05) is 0 Å². The highest BCUT2D eigenvalue weighted by Crippen LogP contribution is 2.26. The molecule has 0 unspecified atom stereocenters. The molecule has 110 valence electrons. The first-order chi connectivity index (χ1) is 10.7. The van der Waals surface area contributed by atoms with Gasteiger partial charge in [-0.05, 0) is 29.9 Å². The lowest BCUT2D eigenvalue weighted by atomic mass is 10.0. The largest absolute Gasteiger partial charge is 0.504 e. The molecule has 4 nitrogen and oxygen atoms in total. The maximum Gasteiger partial charge on any atom is 0.129 e. The summed E-state index contributed by atoms with van der Waals surface area (Å²) >= 11 is 5.77. The summed E-state index contributed by atoms with van der Waals surface area (Å²) in [6.07, 6.45) is 10.2. The van der Waals surface area contributed by atoms with Gasteiger partial charge in [0.1, 0.15) is 5.15 Å². The van der Waals surface area contributed by atoms with Gasteiger partial charge in [-0.25, -0.2) is 4.98 Å². The van der Waals surface area contributed by atoms with Gasteiger partial charge in [-0.2, -0.15) is 5.26 Å². The van der Waals surface area contributed by atoms with Crippen LogP contribution in [0, 0.1) is 11.3 Å². The number of allylic oxidation sites excluding steroid dienone is 1. The third kappa shape index (κ3) is 3.46. The van der Waals surface area contributed by atoms with Gasteiger partial charge in [0.05, 0.1) is 25.0 Å². The topological polar surface area (TPSA) is 61.7 Å². The van der Waals surface area contributed by atoms with E-state index in [-0.39, 0.29) is 0 Å². The Labute approximate surface area is 134 Å². The van der Waals surface area contributed by atoms with Crippen molar-refractivity contribution in [3.8, 4) is 6.07 Å². The molecule has 2 aromatic heterocycles. The number of aromatic amines is 1. The molecule has 0 aliphatic rings. The lowest BCUT2D eigenvalue weighted by molar-refractivity contribution is 0.341. The number of nitrogens with one attached hydrogen (secondary N) is 1. The van der Waals surface area contributed by atoms with Crippen molar-refractivity contribution in [2.75, 3.05) is 7.11 Å². The molecule has 0 saturated carbocycles. The fourth-order valence-corrected chi connectivity index (χ4v) is 2.08. The van der Waals surface area contributed by atoms with Crippen molar-refractivity contribution >= 4 is 35.4 Å². The highest BCUT2D eigenvalue weighted by molar-refractivity contribution is 6.29. The number of halogens is 1. The molecule has 22 heavy (non-hydrogen) atoms. The second-order valence-electron chi connectivity index (χ2n) is 4.36. The molecule has 0 aliphatic heterocycles. The molecular formula is C17H14ClN3O. The molecular weight excluding hydrogens is 298 g/mol. The number of methoxy groups -OCH3 is 1. The second kappa shape index (κ2) is 7.30. The highest BCUT2D eigenvalue weighted by Gasteiger charge is 2.11. The Morgan fingerprint density at radius 2 is 2.32 bits per heavy atom. The molecule has 0 spiro atoms. The van der Waals surface area contributed by atoms with Crippen molar-refractivity contribution in [3.05, 3.63) is 64.9 Å². The summed E-state index contributed by atoms with van der Waals surface area (Å²) in [6, 6.07) is 5.69. The Morgan fingerprint density at radius 1 is 1.50 bits per heavy atom. The zero-order valence-corrected chi connectivity index (χ0v) is 12.8. The summed E-state index contributed by atoms with van der Waals surface area (Å²) in [7, 11) is 1.57. The van der Waals surface area contributed by atoms with Crippen molar-refractivity contribution in [3.63, 3.8) is 0 Å². The van der Waals surface area contributed by atoms with E-state index in [4.69, 9.17) is 16.3 Å². The Kier molecular flexibility index (Phi) is 5.18. The third-order valence-corrected chi connectivity index (χ3v) is 3.22. The summed E-state index contributed by atoms with van der Waals surface area (Å²) in [5, 5.41) is 9.88. The minimum Gasteiger partial charge on any atom is -0.504 e. The van der Waals surface area contributed by atoms with E-state index in [0.717, 1.165) is 22.4 Å². The third-order valence-electron chi connectivity index (χ3n) is 3.00. The monoisotopic (exact) mass is 311 g/mol. The fourth-order valence-electron chi connectivity index (χ4n) is 1.97. The predicted octanol–water partition coefficient (Wildman–Crippen LogP) is 4.39. The predicted molar refractivity (Wildman–Crippen MR) is 89.7 cm³/mol. The molecule has 0 atom stereocenters. The van der Waals surface area contributed by atoms with Crippen LogP contribution in [0.5, 0.6) is 0 Å². The van der Waals surface area contributed by atoms with E-state index < -0.39 is 0 Å². The zero-order valence-electron chi connectivity index (χ0n) is 12.0. The van der Waals surface area contributed by atoms with E-state index in [0.29, 0.717) is 10.7 Å². The van der Waals surface area contributed by atoms with Crippen molar-refractivity contribution in [2.45, 2.75) is 0 Å².